The van der Waals surface area contributed by atoms with E-state index in [-0.39, 0.29) is 31.1 Å². The molecule has 6 nitrogen and oxygen atoms in total. The van der Waals surface area contributed by atoms with Crippen LogP contribution < -0.4 is 0 Å². The van der Waals surface area contributed by atoms with E-state index in [4.69, 9.17) is 14.2 Å². The molecule has 1 unspecified atom stereocenters. The zero-order chi connectivity index (χ0) is 51.4. The Morgan fingerprint density at radius 3 is 0.746 bits per heavy atom. The van der Waals surface area contributed by atoms with Crippen molar-refractivity contribution in [1.82, 2.24) is 0 Å². The fraction of sp³-hybridized carbons (Fsp3) is 0.892. The van der Waals surface area contributed by atoms with Crippen LogP contribution in [0.1, 0.15) is 355 Å². The summed E-state index contributed by atoms with van der Waals surface area (Å²) >= 11 is 0. The largest absolute Gasteiger partial charge is 0.462 e. The lowest BCUT2D eigenvalue weighted by Crippen LogP contribution is -2.30. The first-order chi connectivity index (χ1) is 35.0. The van der Waals surface area contributed by atoms with Crippen molar-refractivity contribution in [3.05, 3.63) is 24.3 Å². The van der Waals surface area contributed by atoms with Gasteiger partial charge in [0, 0.05) is 19.3 Å². The van der Waals surface area contributed by atoms with Gasteiger partial charge in [0.05, 0.1) is 0 Å². The Bertz CT molecular complexity index is 1150. The highest BCUT2D eigenvalue weighted by atomic mass is 16.6. The van der Waals surface area contributed by atoms with Gasteiger partial charge in [0.25, 0.3) is 0 Å². The Kier molecular flexibility index (Phi) is 58.6. The van der Waals surface area contributed by atoms with Gasteiger partial charge in [-0.05, 0) is 64.2 Å². The molecule has 0 aromatic carbocycles. The smallest absolute Gasteiger partial charge is 0.306 e. The Morgan fingerprint density at radius 1 is 0.268 bits per heavy atom. The summed E-state index contributed by atoms with van der Waals surface area (Å²) in [5.74, 6) is -0.855. The molecule has 0 fully saturated rings. The molecule has 0 bridgehead atoms. The van der Waals surface area contributed by atoms with Gasteiger partial charge in [-0.15, -0.1) is 0 Å². The second kappa shape index (κ2) is 60.4. The Labute approximate surface area is 443 Å². The molecule has 0 spiro atoms. The van der Waals surface area contributed by atoms with E-state index in [1.807, 2.05) is 0 Å². The molecule has 1 atom stereocenters. The second-order valence-corrected chi connectivity index (χ2v) is 21.7. The maximum absolute atomic E-state index is 12.9. The molecule has 0 heterocycles. The number of carbonyl (C=O) groups excluding carboxylic acids is 3. The van der Waals surface area contributed by atoms with Crippen molar-refractivity contribution in [3.63, 3.8) is 0 Å². The zero-order valence-electron chi connectivity index (χ0n) is 48.0. The number of hydrogen-bond donors (Lipinski definition) is 0. The van der Waals surface area contributed by atoms with Crippen LogP contribution in [-0.4, -0.2) is 37.2 Å². The molecule has 0 rings (SSSR count). The topological polar surface area (TPSA) is 78.9 Å². The van der Waals surface area contributed by atoms with Gasteiger partial charge in [-0.25, -0.2) is 0 Å². The summed E-state index contributed by atoms with van der Waals surface area (Å²) in [7, 11) is 0. The van der Waals surface area contributed by atoms with E-state index in [9.17, 15) is 14.4 Å². The summed E-state index contributed by atoms with van der Waals surface area (Å²) in [5.41, 5.74) is 0. The number of rotatable bonds is 59. The van der Waals surface area contributed by atoms with Crippen LogP contribution in [-0.2, 0) is 28.6 Å². The lowest BCUT2D eigenvalue weighted by molar-refractivity contribution is -0.167. The van der Waals surface area contributed by atoms with Crippen LogP contribution in [0.4, 0.5) is 0 Å². The minimum atomic E-state index is -0.770. The quantitative estimate of drug-likeness (QED) is 0.0261. The van der Waals surface area contributed by atoms with Crippen molar-refractivity contribution in [2.75, 3.05) is 13.2 Å². The lowest BCUT2D eigenvalue weighted by atomic mass is 10.0. The number of esters is 3. The molecule has 0 saturated carbocycles. The summed E-state index contributed by atoms with van der Waals surface area (Å²) in [4.78, 5) is 38.2. The number of allylic oxidation sites excluding steroid dienone is 4. The highest BCUT2D eigenvalue weighted by Crippen LogP contribution is 2.18. The van der Waals surface area contributed by atoms with E-state index >= 15 is 0 Å². The van der Waals surface area contributed by atoms with E-state index in [1.165, 1.54) is 250 Å². The first-order valence-electron chi connectivity index (χ1n) is 31.8. The van der Waals surface area contributed by atoms with Crippen molar-refractivity contribution in [2.45, 2.75) is 361 Å². The average Bonchev–Trinajstić information content (AvgIpc) is 3.37. The lowest BCUT2D eigenvalue weighted by Gasteiger charge is -2.18. The van der Waals surface area contributed by atoms with E-state index in [1.54, 1.807) is 0 Å². The Balaban J connectivity index is 4.19. The molecular formula is C65H122O6. The van der Waals surface area contributed by atoms with Gasteiger partial charge in [-0.2, -0.15) is 0 Å². The van der Waals surface area contributed by atoms with Crippen molar-refractivity contribution in [2.24, 2.45) is 0 Å². The monoisotopic (exact) mass is 999 g/mol. The van der Waals surface area contributed by atoms with Gasteiger partial charge < -0.3 is 14.2 Å². The fourth-order valence-corrected chi connectivity index (χ4v) is 9.60. The molecule has 0 aromatic rings. The predicted octanol–water partition coefficient (Wildman–Crippen LogP) is 21.4. The van der Waals surface area contributed by atoms with E-state index in [2.05, 4.69) is 45.1 Å². The molecule has 0 aromatic heterocycles. The van der Waals surface area contributed by atoms with Gasteiger partial charge in [0.1, 0.15) is 13.2 Å². The summed E-state index contributed by atoms with van der Waals surface area (Å²) in [6.45, 7) is 6.66. The van der Waals surface area contributed by atoms with Crippen molar-refractivity contribution in [3.8, 4) is 0 Å². The molecule has 0 aliphatic heterocycles. The van der Waals surface area contributed by atoms with Crippen LogP contribution in [0.15, 0.2) is 24.3 Å². The molecule has 0 radical (unpaired) electrons. The standard InChI is InChI=1S/C65H122O6/c1-4-7-10-13-16-19-22-24-26-28-29-30-31-32-33-34-35-37-38-40-43-46-49-52-55-58-64(67)70-61-62(60-69-63(66)57-54-51-48-45-42-21-18-15-12-9-6-3)71-65(68)59-56-53-50-47-44-41-39-36-27-25-23-20-17-14-11-8-5-2/h15,18,28-29,62H,4-14,16-17,19-27,30-61H2,1-3H3/b18-15-,29-28-. The molecule has 0 saturated heterocycles. The molecule has 0 N–H and O–H groups in total. The van der Waals surface area contributed by atoms with E-state index in [0.717, 1.165) is 64.2 Å². The minimum Gasteiger partial charge on any atom is -0.462 e. The second-order valence-electron chi connectivity index (χ2n) is 21.7. The summed E-state index contributed by atoms with van der Waals surface area (Å²) in [6, 6.07) is 0. The average molecular weight is 1000 g/mol. The van der Waals surface area contributed by atoms with Gasteiger partial charge in [0.2, 0.25) is 0 Å². The van der Waals surface area contributed by atoms with Crippen molar-refractivity contribution >= 4 is 17.9 Å². The van der Waals surface area contributed by atoms with Gasteiger partial charge in [-0.1, -0.05) is 295 Å². The number of ether oxygens (including phenoxy) is 3. The summed E-state index contributed by atoms with van der Waals surface area (Å²) in [5, 5.41) is 0. The van der Waals surface area contributed by atoms with Gasteiger partial charge >= 0.3 is 17.9 Å². The normalized spacial score (nSPS) is 12.1. The minimum absolute atomic E-state index is 0.0689. The first-order valence-corrected chi connectivity index (χ1v) is 31.8. The highest BCUT2D eigenvalue weighted by Gasteiger charge is 2.19. The maximum Gasteiger partial charge on any atom is 0.306 e. The third-order valence-corrected chi connectivity index (χ3v) is 14.4. The highest BCUT2D eigenvalue weighted by molar-refractivity contribution is 5.71. The van der Waals surface area contributed by atoms with E-state index < -0.39 is 6.10 Å². The van der Waals surface area contributed by atoms with Crippen LogP contribution in [0.2, 0.25) is 0 Å². The zero-order valence-corrected chi connectivity index (χ0v) is 48.0. The maximum atomic E-state index is 12.9. The molecule has 6 heteroatoms. The Morgan fingerprint density at radius 2 is 0.479 bits per heavy atom. The third kappa shape index (κ3) is 58.7. The van der Waals surface area contributed by atoms with Crippen LogP contribution in [0.5, 0.6) is 0 Å². The van der Waals surface area contributed by atoms with Crippen LogP contribution in [0.3, 0.4) is 0 Å². The third-order valence-electron chi connectivity index (χ3n) is 14.4. The molecule has 0 amide bonds. The summed E-state index contributed by atoms with van der Waals surface area (Å²) in [6.07, 6.45) is 71.9. The predicted molar refractivity (Wildman–Crippen MR) is 307 cm³/mol. The van der Waals surface area contributed by atoms with Crippen LogP contribution >= 0.6 is 0 Å². The number of hydrogen-bond acceptors (Lipinski definition) is 6. The molecule has 0 aliphatic carbocycles. The van der Waals surface area contributed by atoms with Crippen molar-refractivity contribution in [1.29, 1.82) is 0 Å². The van der Waals surface area contributed by atoms with Crippen molar-refractivity contribution < 1.29 is 28.6 Å². The van der Waals surface area contributed by atoms with Crippen LogP contribution in [0, 0.1) is 0 Å². The van der Waals surface area contributed by atoms with Crippen LogP contribution in [0.25, 0.3) is 0 Å². The molecule has 0 aliphatic rings. The number of unbranched alkanes of at least 4 members (excludes halogenated alkanes) is 44. The SMILES string of the molecule is CCCC/C=C\CCCCCCCC(=O)OCC(COC(=O)CCCCCCCCCCCCCCC/C=C\CCCCCCCCCC)OC(=O)CCCCCCCCCCCCCCCCCCC. The fourth-order valence-electron chi connectivity index (χ4n) is 9.60. The molecule has 418 valence electrons. The summed E-state index contributed by atoms with van der Waals surface area (Å²) < 4.78 is 16.9. The van der Waals surface area contributed by atoms with E-state index in [0.29, 0.717) is 19.3 Å². The first kappa shape index (κ1) is 68.9. The van der Waals surface area contributed by atoms with Gasteiger partial charge in [-0.3, -0.25) is 14.4 Å². The Hall–Kier alpha value is -2.11. The number of carbonyl (C=O) groups is 3. The molecular weight excluding hydrogens is 877 g/mol. The van der Waals surface area contributed by atoms with Gasteiger partial charge in [0.15, 0.2) is 6.10 Å². The molecule has 71 heavy (non-hydrogen) atoms.